The topological polar surface area (TPSA) is 29.3 Å². The molecule has 1 aliphatic heterocycles. The molecule has 3 rings (SSSR count). The van der Waals surface area contributed by atoms with Crippen molar-refractivity contribution in [3.05, 3.63) is 29.6 Å². The third-order valence-corrected chi connectivity index (χ3v) is 4.53. The van der Waals surface area contributed by atoms with E-state index in [1.165, 1.54) is 19.3 Å². The predicted octanol–water partition coefficient (Wildman–Crippen LogP) is 2.70. The highest BCUT2D eigenvalue weighted by atomic mass is 32.1. The summed E-state index contributed by atoms with van der Waals surface area (Å²) in [6, 6.07) is 5.19. The Morgan fingerprint density at radius 3 is 2.50 bits per heavy atom. The fourth-order valence-electron chi connectivity index (χ4n) is 3.35. The van der Waals surface area contributed by atoms with Gasteiger partial charge in [-0.1, -0.05) is 18.6 Å². The number of rotatable bonds is 2. The maximum atomic E-state index is 13.9. The molecule has 1 heterocycles. The smallest absolute Gasteiger partial charge is 0.135 e. The molecule has 2 fully saturated rings. The number of hydrogen-bond donors (Lipinski definition) is 1. The van der Waals surface area contributed by atoms with Gasteiger partial charge in [-0.2, -0.15) is 0 Å². The minimum absolute atomic E-state index is 0.123. The van der Waals surface area contributed by atoms with E-state index in [9.17, 15) is 4.39 Å². The van der Waals surface area contributed by atoms with Crippen molar-refractivity contribution >= 4 is 22.9 Å². The van der Waals surface area contributed by atoms with Crippen molar-refractivity contribution in [1.82, 2.24) is 0 Å². The Hall–Kier alpha value is -1.16. The van der Waals surface area contributed by atoms with Crippen molar-refractivity contribution in [3.8, 4) is 0 Å². The first-order chi connectivity index (χ1) is 8.65. The van der Waals surface area contributed by atoms with Crippen LogP contribution in [0.1, 0.15) is 24.8 Å². The monoisotopic (exact) mass is 264 g/mol. The lowest BCUT2D eigenvalue weighted by Gasteiger charge is -2.20. The molecule has 96 valence electrons. The molecule has 18 heavy (non-hydrogen) atoms. The van der Waals surface area contributed by atoms with Crippen LogP contribution in [-0.2, 0) is 0 Å². The molecule has 2 aliphatic rings. The number of anilines is 1. The molecule has 1 saturated carbocycles. The SMILES string of the molecule is NC(=S)c1ccc(N2CC3CCCC3C2)cc1F. The van der Waals surface area contributed by atoms with E-state index in [1.54, 1.807) is 12.1 Å². The van der Waals surface area contributed by atoms with Crippen LogP contribution in [0.15, 0.2) is 18.2 Å². The van der Waals surface area contributed by atoms with Crippen LogP contribution in [0.5, 0.6) is 0 Å². The standard InChI is InChI=1S/C14H17FN2S/c15-13-6-11(4-5-12(13)14(16)18)17-7-9-2-1-3-10(9)8-17/h4-6,9-10H,1-3,7-8H2,(H2,16,18). The Morgan fingerprint density at radius 1 is 1.28 bits per heavy atom. The summed E-state index contributed by atoms with van der Waals surface area (Å²) in [7, 11) is 0. The van der Waals surface area contributed by atoms with E-state index in [4.69, 9.17) is 18.0 Å². The van der Waals surface area contributed by atoms with Gasteiger partial charge in [-0.05, 0) is 42.9 Å². The third kappa shape index (κ3) is 1.99. The van der Waals surface area contributed by atoms with E-state index in [2.05, 4.69) is 4.90 Å². The normalized spacial score (nSPS) is 26.4. The highest BCUT2D eigenvalue weighted by Crippen LogP contribution is 2.39. The van der Waals surface area contributed by atoms with Gasteiger partial charge in [0.2, 0.25) is 0 Å². The van der Waals surface area contributed by atoms with E-state index in [-0.39, 0.29) is 10.8 Å². The Kier molecular flexibility index (Phi) is 2.98. The maximum absolute atomic E-state index is 13.9. The van der Waals surface area contributed by atoms with Crippen LogP contribution in [0, 0.1) is 17.7 Å². The second-order valence-corrected chi connectivity index (χ2v) is 5.82. The van der Waals surface area contributed by atoms with Crippen molar-refractivity contribution in [2.24, 2.45) is 17.6 Å². The molecule has 2 nitrogen and oxygen atoms in total. The van der Waals surface area contributed by atoms with Crippen LogP contribution in [0.25, 0.3) is 0 Å². The van der Waals surface area contributed by atoms with Gasteiger partial charge in [0, 0.05) is 24.3 Å². The number of fused-ring (bicyclic) bond motifs is 1. The number of halogens is 1. The number of hydrogen-bond acceptors (Lipinski definition) is 2. The average Bonchev–Trinajstić information content (AvgIpc) is 2.87. The molecule has 0 bridgehead atoms. The minimum Gasteiger partial charge on any atom is -0.389 e. The molecule has 1 aromatic carbocycles. The molecule has 2 atom stereocenters. The average molecular weight is 264 g/mol. The van der Waals surface area contributed by atoms with E-state index in [0.717, 1.165) is 30.6 Å². The molecule has 2 unspecified atom stereocenters. The molecule has 1 saturated heterocycles. The summed E-state index contributed by atoms with van der Waals surface area (Å²) in [5, 5.41) is 0. The van der Waals surface area contributed by atoms with Crippen molar-refractivity contribution in [3.63, 3.8) is 0 Å². The van der Waals surface area contributed by atoms with Crippen LogP contribution in [0.3, 0.4) is 0 Å². The number of nitrogens with zero attached hydrogens (tertiary/aromatic N) is 1. The van der Waals surface area contributed by atoms with Gasteiger partial charge >= 0.3 is 0 Å². The van der Waals surface area contributed by atoms with Gasteiger partial charge in [0.15, 0.2) is 0 Å². The Bertz CT molecular complexity index is 477. The van der Waals surface area contributed by atoms with Gasteiger partial charge in [-0.3, -0.25) is 0 Å². The molecular formula is C14H17FN2S. The van der Waals surface area contributed by atoms with Gasteiger partial charge in [-0.15, -0.1) is 0 Å². The van der Waals surface area contributed by atoms with Crippen molar-refractivity contribution in [1.29, 1.82) is 0 Å². The summed E-state index contributed by atoms with van der Waals surface area (Å²) in [5.74, 6) is 1.31. The van der Waals surface area contributed by atoms with Gasteiger partial charge in [0.1, 0.15) is 10.8 Å². The fraction of sp³-hybridized carbons (Fsp3) is 0.500. The van der Waals surface area contributed by atoms with Gasteiger partial charge in [-0.25, -0.2) is 4.39 Å². The highest BCUT2D eigenvalue weighted by Gasteiger charge is 2.36. The van der Waals surface area contributed by atoms with Gasteiger partial charge in [0.05, 0.1) is 0 Å². The Labute approximate surface area is 112 Å². The predicted molar refractivity (Wildman–Crippen MR) is 75.3 cm³/mol. The van der Waals surface area contributed by atoms with E-state index in [0.29, 0.717) is 5.56 Å². The maximum Gasteiger partial charge on any atom is 0.135 e. The molecule has 0 spiro atoms. The Balaban J connectivity index is 1.81. The van der Waals surface area contributed by atoms with Crippen LogP contribution >= 0.6 is 12.2 Å². The summed E-state index contributed by atoms with van der Waals surface area (Å²) < 4.78 is 13.9. The lowest BCUT2D eigenvalue weighted by molar-refractivity contribution is 0.494. The first kappa shape index (κ1) is 11.9. The van der Waals surface area contributed by atoms with Crippen molar-refractivity contribution in [2.45, 2.75) is 19.3 Å². The molecule has 1 aromatic rings. The minimum atomic E-state index is -0.308. The lowest BCUT2D eigenvalue weighted by Crippen LogP contribution is -2.21. The Morgan fingerprint density at radius 2 is 1.94 bits per heavy atom. The largest absolute Gasteiger partial charge is 0.389 e. The molecular weight excluding hydrogens is 247 g/mol. The zero-order chi connectivity index (χ0) is 12.7. The van der Waals surface area contributed by atoms with Gasteiger partial charge in [0.25, 0.3) is 0 Å². The highest BCUT2D eigenvalue weighted by molar-refractivity contribution is 7.80. The number of benzene rings is 1. The summed E-state index contributed by atoms with van der Waals surface area (Å²) in [6.45, 7) is 2.13. The van der Waals surface area contributed by atoms with Crippen LogP contribution in [-0.4, -0.2) is 18.1 Å². The van der Waals surface area contributed by atoms with Crippen molar-refractivity contribution in [2.75, 3.05) is 18.0 Å². The molecule has 2 N–H and O–H groups in total. The van der Waals surface area contributed by atoms with E-state index in [1.807, 2.05) is 6.07 Å². The molecule has 0 aromatic heterocycles. The molecule has 4 heteroatoms. The number of thiocarbonyl (C=S) groups is 1. The number of nitrogens with two attached hydrogens (primary N) is 1. The zero-order valence-electron chi connectivity index (χ0n) is 10.2. The fourth-order valence-corrected chi connectivity index (χ4v) is 3.51. The van der Waals surface area contributed by atoms with Crippen LogP contribution in [0.2, 0.25) is 0 Å². The first-order valence-electron chi connectivity index (χ1n) is 6.49. The second-order valence-electron chi connectivity index (χ2n) is 5.38. The third-order valence-electron chi connectivity index (χ3n) is 4.31. The molecule has 1 aliphatic carbocycles. The first-order valence-corrected chi connectivity index (χ1v) is 6.90. The summed E-state index contributed by atoms with van der Waals surface area (Å²) >= 11 is 4.82. The zero-order valence-corrected chi connectivity index (χ0v) is 11.0. The molecule has 0 radical (unpaired) electrons. The van der Waals surface area contributed by atoms with E-state index >= 15 is 0 Å². The quantitative estimate of drug-likeness (QED) is 0.833. The summed E-state index contributed by atoms with van der Waals surface area (Å²) in [6.07, 6.45) is 4.02. The van der Waals surface area contributed by atoms with Gasteiger partial charge < -0.3 is 10.6 Å². The summed E-state index contributed by atoms with van der Waals surface area (Å²) in [5.41, 5.74) is 6.77. The molecule has 0 amide bonds. The van der Waals surface area contributed by atoms with Crippen LogP contribution in [0.4, 0.5) is 10.1 Å². The van der Waals surface area contributed by atoms with E-state index < -0.39 is 0 Å². The van der Waals surface area contributed by atoms with Crippen LogP contribution < -0.4 is 10.6 Å². The summed E-state index contributed by atoms with van der Waals surface area (Å²) in [4.78, 5) is 2.42. The second kappa shape index (κ2) is 4.50. The lowest BCUT2D eigenvalue weighted by atomic mass is 10.0. The van der Waals surface area contributed by atoms with Crippen molar-refractivity contribution < 1.29 is 4.39 Å².